The van der Waals surface area contributed by atoms with Crippen molar-refractivity contribution in [1.29, 1.82) is 0 Å². The first-order chi connectivity index (χ1) is 7.83. The Morgan fingerprint density at radius 3 is 3.00 bits per heavy atom. The van der Waals surface area contributed by atoms with E-state index in [9.17, 15) is 4.79 Å². The molecule has 84 valence electrons. The zero-order valence-corrected chi connectivity index (χ0v) is 8.56. The minimum absolute atomic E-state index is 0.392. The minimum atomic E-state index is -0.498. The number of hydrogen-bond donors (Lipinski definition) is 2. The van der Waals surface area contributed by atoms with Gasteiger partial charge in [0.05, 0.1) is 6.20 Å². The highest BCUT2D eigenvalue weighted by molar-refractivity contribution is 5.67. The number of fused-ring (bicyclic) bond motifs is 1. The number of hydrogen-bond acceptors (Lipinski definition) is 6. The van der Waals surface area contributed by atoms with E-state index in [2.05, 4.69) is 25.2 Å². The Morgan fingerprint density at radius 2 is 2.19 bits per heavy atom. The van der Waals surface area contributed by atoms with Gasteiger partial charge in [-0.05, 0) is 0 Å². The molecule has 1 aliphatic rings. The third kappa shape index (κ3) is 1.54. The van der Waals surface area contributed by atoms with Crippen molar-refractivity contribution < 1.29 is 4.42 Å². The first-order valence-electron chi connectivity index (χ1n) is 5.14. The van der Waals surface area contributed by atoms with Gasteiger partial charge in [0, 0.05) is 26.2 Å². The average molecular weight is 221 g/mol. The maximum Gasteiger partial charge on any atom is 0.418 e. The molecule has 0 bridgehead atoms. The third-order valence-electron chi connectivity index (χ3n) is 2.57. The summed E-state index contributed by atoms with van der Waals surface area (Å²) in [4.78, 5) is 24.0. The molecule has 3 heterocycles. The summed E-state index contributed by atoms with van der Waals surface area (Å²) in [7, 11) is 0. The summed E-state index contributed by atoms with van der Waals surface area (Å²) in [5, 5.41) is 3.25. The number of piperazine rings is 1. The van der Waals surface area contributed by atoms with E-state index in [0.29, 0.717) is 17.2 Å². The number of oxazole rings is 1. The Morgan fingerprint density at radius 1 is 1.38 bits per heavy atom. The smallest absolute Gasteiger partial charge is 0.404 e. The Hall–Kier alpha value is -1.89. The molecule has 7 nitrogen and oxygen atoms in total. The highest BCUT2D eigenvalue weighted by atomic mass is 16.4. The van der Waals surface area contributed by atoms with Crippen molar-refractivity contribution in [3.05, 3.63) is 16.7 Å². The molecule has 0 aliphatic carbocycles. The molecule has 0 unspecified atom stereocenters. The number of aromatic amines is 1. The van der Waals surface area contributed by atoms with E-state index >= 15 is 0 Å². The lowest BCUT2D eigenvalue weighted by molar-refractivity contribution is 0.553. The lowest BCUT2D eigenvalue weighted by Crippen LogP contribution is -2.44. The van der Waals surface area contributed by atoms with Gasteiger partial charge in [-0.15, -0.1) is 0 Å². The van der Waals surface area contributed by atoms with Gasteiger partial charge in [-0.25, -0.2) is 9.78 Å². The predicted octanol–water partition coefficient (Wildman–Crippen LogP) is -0.679. The molecule has 0 spiro atoms. The second kappa shape index (κ2) is 3.60. The molecule has 0 radical (unpaired) electrons. The molecule has 0 amide bonds. The second-order valence-corrected chi connectivity index (χ2v) is 3.63. The number of aromatic nitrogens is 3. The monoisotopic (exact) mass is 221 g/mol. The van der Waals surface area contributed by atoms with Crippen molar-refractivity contribution in [2.75, 3.05) is 31.1 Å². The highest BCUT2D eigenvalue weighted by Crippen LogP contribution is 2.12. The molecule has 2 aromatic heterocycles. The van der Waals surface area contributed by atoms with Crippen LogP contribution >= 0.6 is 0 Å². The van der Waals surface area contributed by atoms with Crippen LogP contribution in [-0.2, 0) is 0 Å². The van der Waals surface area contributed by atoms with Gasteiger partial charge in [0.2, 0.25) is 5.95 Å². The van der Waals surface area contributed by atoms with Gasteiger partial charge in [0.1, 0.15) is 0 Å². The second-order valence-electron chi connectivity index (χ2n) is 3.63. The van der Waals surface area contributed by atoms with Gasteiger partial charge in [0.25, 0.3) is 0 Å². The van der Waals surface area contributed by atoms with Crippen LogP contribution in [0.15, 0.2) is 15.4 Å². The Labute approximate surface area is 90.5 Å². The van der Waals surface area contributed by atoms with Gasteiger partial charge in [-0.2, -0.15) is 4.98 Å². The summed E-state index contributed by atoms with van der Waals surface area (Å²) >= 11 is 0. The van der Waals surface area contributed by atoms with Crippen LogP contribution in [0.25, 0.3) is 11.2 Å². The van der Waals surface area contributed by atoms with Crippen molar-refractivity contribution >= 4 is 17.2 Å². The molecule has 0 aromatic carbocycles. The van der Waals surface area contributed by atoms with Gasteiger partial charge in [-0.1, -0.05) is 0 Å². The van der Waals surface area contributed by atoms with Crippen LogP contribution < -0.4 is 16.0 Å². The Kier molecular flexibility index (Phi) is 2.10. The van der Waals surface area contributed by atoms with E-state index in [1.54, 1.807) is 0 Å². The lowest BCUT2D eigenvalue weighted by Gasteiger charge is -2.26. The molecular formula is C9H11N5O2. The largest absolute Gasteiger partial charge is 0.418 e. The van der Waals surface area contributed by atoms with Crippen LogP contribution in [0.4, 0.5) is 5.95 Å². The fraction of sp³-hybridized carbons (Fsp3) is 0.444. The molecule has 16 heavy (non-hydrogen) atoms. The Balaban J connectivity index is 2.00. The van der Waals surface area contributed by atoms with E-state index in [0.717, 1.165) is 26.2 Å². The minimum Gasteiger partial charge on any atom is -0.404 e. The topological polar surface area (TPSA) is 87.0 Å². The van der Waals surface area contributed by atoms with Crippen molar-refractivity contribution in [3.8, 4) is 0 Å². The number of anilines is 1. The van der Waals surface area contributed by atoms with E-state index in [-0.39, 0.29) is 0 Å². The molecule has 1 aliphatic heterocycles. The van der Waals surface area contributed by atoms with Crippen LogP contribution in [-0.4, -0.2) is 41.1 Å². The van der Waals surface area contributed by atoms with Crippen molar-refractivity contribution in [2.45, 2.75) is 0 Å². The first kappa shape index (κ1) is 9.34. The van der Waals surface area contributed by atoms with E-state index in [4.69, 9.17) is 4.42 Å². The maximum atomic E-state index is 11.0. The number of rotatable bonds is 1. The van der Waals surface area contributed by atoms with Gasteiger partial charge in [-0.3, -0.25) is 4.98 Å². The molecule has 7 heteroatoms. The van der Waals surface area contributed by atoms with Crippen LogP contribution in [0, 0.1) is 0 Å². The summed E-state index contributed by atoms with van der Waals surface area (Å²) in [6.07, 6.45) is 1.53. The fourth-order valence-electron chi connectivity index (χ4n) is 1.76. The van der Waals surface area contributed by atoms with Crippen LogP contribution in [0.2, 0.25) is 0 Å². The highest BCUT2D eigenvalue weighted by Gasteiger charge is 2.14. The van der Waals surface area contributed by atoms with E-state index in [1.165, 1.54) is 6.20 Å². The number of nitrogens with one attached hydrogen (secondary N) is 2. The summed E-state index contributed by atoms with van der Waals surface area (Å²) in [6.45, 7) is 3.58. The quantitative estimate of drug-likeness (QED) is 0.663. The normalized spacial score (nSPS) is 16.9. The van der Waals surface area contributed by atoms with Gasteiger partial charge in [0.15, 0.2) is 11.2 Å². The molecule has 2 aromatic rings. The standard InChI is InChI=1S/C9H11N5O2/c15-9-13-7-6(16-9)5-11-8(12-7)14-3-1-10-2-4-14/h5,10H,1-4H2,(H,11,12,13,15). The molecule has 1 fully saturated rings. The van der Waals surface area contributed by atoms with E-state index in [1.807, 2.05) is 0 Å². The maximum absolute atomic E-state index is 11.0. The zero-order valence-electron chi connectivity index (χ0n) is 8.56. The summed E-state index contributed by atoms with van der Waals surface area (Å²) < 4.78 is 4.84. The van der Waals surface area contributed by atoms with Crippen LogP contribution in [0.1, 0.15) is 0 Å². The average Bonchev–Trinajstić information content (AvgIpc) is 2.69. The summed E-state index contributed by atoms with van der Waals surface area (Å²) in [6, 6.07) is 0. The van der Waals surface area contributed by atoms with Crippen molar-refractivity contribution in [1.82, 2.24) is 20.3 Å². The molecule has 0 saturated carbocycles. The predicted molar refractivity (Wildman–Crippen MR) is 57.5 cm³/mol. The first-order valence-corrected chi connectivity index (χ1v) is 5.14. The Bertz CT molecular complexity index is 554. The van der Waals surface area contributed by atoms with Crippen LogP contribution in [0.5, 0.6) is 0 Å². The van der Waals surface area contributed by atoms with Gasteiger partial charge >= 0.3 is 5.76 Å². The van der Waals surface area contributed by atoms with Crippen molar-refractivity contribution in [2.24, 2.45) is 0 Å². The summed E-state index contributed by atoms with van der Waals surface area (Å²) in [5.74, 6) is 0.132. The number of nitrogens with zero attached hydrogens (tertiary/aromatic N) is 3. The molecule has 3 rings (SSSR count). The fourth-order valence-corrected chi connectivity index (χ4v) is 1.76. The molecule has 2 N–H and O–H groups in total. The molecule has 0 atom stereocenters. The van der Waals surface area contributed by atoms with Crippen molar-refractivity contribution in [3.63, 3.8) is 0 Å². The zero-order chi connectivity index (χ0) is 11.0. The third-order valence-corrected chi connectivity index (χ3v) is 2.57. The lowest BCUT2D eigenvalue weighted by atomic mass is 10.4. The van der Waals surface area contributed by atoms with Gasteiger partial charge < -0.3 is 14.6 Å². The summed E-state index contributed by atoms with van der Waals surface area (Å²) in [5.41, 5.74) is 0.845. The van der Waals surface area contributed by atoms with E-state index < -0.39 is 5.76 Å². The molecular weight excluding hydrogens is 210 g/mol. The molecule has 1 saturated heterocycles. The van der Waals surface area contributed by atoms with Crippen LogP contribution in [0.3, 0.4) is 0 Å². The number of H-pyrrole nitrogens is 1. The SMILES string of the molecule is O=c1[nH]c2nc(N3CCNCC3)ncc2o1.